The molecule has 0 bridgehead atoms. The number of halogens is 2. The zero-order valence-corrected chi connectivity index (χ0v) is 12.6. The Bertz CT molecular complexity index is 781. The van der Waals surface area contributed by atoms with Crippen LogP contribution >= 0.6 is 23.2 Å². The molecule has 0 saturated heterocycles. The summed E-state index contributed by atoms with van der Waals surface area (Å²) < 4.78 is 2.01. The van der Waals surface area contributed by atoms with Gasteiger partial charge in [-0.05, 0) is 29.8 Å². The van der Waals surface area contributed by atoms with E-state index in [0.29, 0.717) is 16.6 Å². The number of nitrogen functional groups attached to an aromatic ring is 1. The zero-order valence-electron chi connectivity index (χ0n) is 11.1. The maximum absolute atomic E-state index is 6.26. The molecule has 0 unspecified atom stereocenters. The average molecular weight is 318 g/mol. The van der Waals surface area contributed by atoms with Crippen LogP contribution in [0.5, 0.6) is 0 Å². The number of nitrogens with two attached hydrogens (primary N) is 1. The monoisotopic (exact) mass is 317 g/mol. The largest absolute Gasteiger partial charge is 0.398 e. The van der Waals surface area contributed by atoms with Gasteiger partial charge in [-0.1, -0.05) is 41.4 Å². The van der Waals surface area contributed by atoms with Gasteiger partial charge in [-0.15, -0.1) is 0 Å². The molecule has 0 atom stereocenters. The van der Waals surface area contributed by atoms with Crippen molar-refractivity contribution in [2.45, 2.75) is 6.54 Å². The van der Waals surface area contributed by atoms with Crippen molar-refractivity contribution in [3.05, 3.63) is 70.5 Å². The van der Waals surface area contributed by atoms with Gasteiger partial charge in [0.05, 0.1) is 11.6 Å². The van der Waals surface area contributed by atoms with Gasteiger partial charge in [0.2, 0.25) is 0 Å². The minimum atomic E-state index is 0.580. The Morgan fingerprint density at radius 1 is 1.10 bits per heavy atom. The van der Waals surface area contributed by atoms with Crippen molar-refractivity contribution in [3.63, 3.8) is 0 Å². The van der Waals surface area contributed by atoms with E-state index in [4.69, 9.17) is 28.9 Å². The molecule has 3 nitrogen and oxygen atoms in total. The fourth-order valence-electron chi connectivity index (χ4n) is 2.21. The summed E-state index contributed by atoms with van der Waals surface area (Å²) in [6.07, 6.45) is 3.66. The van der Waals surface area contributed by atoms with Gasteiger partial charge in [-0.3, -0.25) is 0 Å². The lowest BCUT2D eigenvalue weighted by Crippen LogP contribution is -2.04. The van der Waals surface area contributed by atoms with Crippen LogP contribution in [0.3, 0.4) is 0 Å². The molecule has 21 heavy (non-hydrogen) atoms. The molecule has 0 aliphatic heterocycles. The van der Waals surface area contributed by atoms with E-state index in [-0.39, 0.29) is 0 Å². The van der Waals surface area contributed by atoms with Crippen molar-refractivity contribution >= 4 is 28.9 Å². The smallest absolute Gasteiger partial charge is 0.141 e. The van der Waals surface area contributed by atoms with Gasteiger partial charge in [0.15, 0.2) is 0 Å². The molecule has 3 rings (SSSR count). The molecule has 5 heteroatoms. The van der Waals surface area contributed by atoms with Crippen molar-refractivity contribution in [2.24, 2.45) is 0 Å². The summed E-state index contributed by atoms with van der Waals surface area (Å²) >= 11 is 12.2. The number of hydrogen-bond donors (Lipinski definition) is 1. The Balaban J connectivity index is 2.00. The van der Waals surface area contributed by atoms with Crippen molar-refractivity contribution in [2.75, 3.05) is 5.73 Å². The van der Waals surface area contributed by atoms with Crippen molar-refractivity contribution < 1.29 is 0 Å². The second-order valence-electron chi connectivity index (χ2n) is 4.70. The summed E-state index contributed by atoms with van der Waals surface area (Å²) in [6.45, 7) is 0.640. The van der Waals surface area contributed by atoms with E-state index >= 15 is 0 Å². The van der Waals surface area contributed by atoms with Gasteiger partial charge in [0.25, 0.3) is 0 Å². The van der Waals surface area contributed by atoms with E-state index in [2.05, 4.69) is 4.98 Å². The second kappa shape index (κ2) is 5.80. The molecular weight excluding hydrogens is 305 g/mol. The number of imidazole rings is 1. The fourth-order valence-corrected chi connectivity index (χ4v) is 2.71. The van der Waals surface area contributed by atoms with Crippen LogP contribution in [0.2, 0.25) is 10.0 Å². The van der Waals surface area contributed by atoms with Crippen LogP contribution in [0.4, 0.5) is 5.69 Å². The van der Waals surface area contributed by atoms with Crippen molar-refractivity contribution in [1.29, 1.82) is 0 Å². The van der Waals surface area contributed by atoms with Crippen LogP contribution in [-0.2, 0) is 6.54 Å². The highest BCUT2D eigenvalue weighted by molar-refractivity contribution is 6.36. The molecule has 0 fully saturated rings. The Hall–Kier alpha value is -1.97. The highest BCUT2D eigenvalue weighted by Gasteiger charge is 2.11. The molecule has 0 radical (unpaired) electrons. The van der Waals surface area contributed by atoms with E-state index in [9.17, 15) is 0 Å². The molecule has 0 aliphatic rings. The highest BCUT2D eigenvalue weighted by Crippen LogP contribution is 2.29. The molecular formula is C16H13Cl2N3. The molecule has 0 spiro atoms. The third-order valence-corrected chi connectivity index (χ3v) is 3.83. The molecule has 106 valence electrons. The maximum atomic E-state index is 6.26. The summed E-state index contributed by atoms with van der Waals surface area (Å²) in [7, 11) is 0. The standard InChI is InChI=1S/C16H13Cl2N3/c17-12-5-6-13(14(18)9-12)16-20-7-8-21(16)10-11-3-1-2-4-15(11)19/h1-9H,10,19H2. The molecule has 1 aromatic heterocycles. The van der Waals surface area contributed by atoms with E-state index < -0.39 is 0 Å². The predicted molar refractivity (Wildman–Crippen MR) is 87.6 cm³/mol. The first-order chi connectivity index (χ1) is 10.1. The first-order valence-electron chi connectivity index (χ1n) is 6.45. The summed E-state index contributed by atoms with van der Waals surface area (Å²) in [5.74, 6) is 0.792. The summed E-state index contributed by atoms with van der Waals surface area (Å²) in [5.41, 5.74) is 8.65. The quantitative estimate of drug-likeness (QED) is 0.723. The van der Waals surface area contributed by atoms with Gasteiger partial charge in [0.1, 0.15) is 5.82 Å². The van der Waals surface area contributed by atoms with Crippen LogP contribution in [-0.4, -0.2) is 9.55 Å². The first-order valence-corrected chi connectivity index (χ1v) is 7.20. The van der Waals surface area contributed by atoms with Gasteiger partial charge in [-0.25, -0.2) is 4.98 Å². The molecule has 3 aromatic rings. The molecule has 0 aliphatic carbocycles. The van der Waals surface area contributed by atoms with Crippen LogP contribution in [0.15, 0.2) is 54.9 Å². The lowest BCUT2D eigenvalue weighted by Gasteiger charge is -2.11. The topological polar surface area (TPSA) is 43.8 Å². The Morgan fingerprint density at radius 3 is 2.67 bits per heavy atom. The number of nitrogens with zero attached hydrogens (tertiary/aromatic N) is 2. The predicted octanol–water partition coefficient (Wildman–Crippen LogP) is 4.49. The Labute approximate surface area is 132 Å². The lowest BCUT2D eigenvalue weighted by molar-refractivity contribution is 0.809. The Morgan fingerprint density at radius 2 is 1.90 bits per heavy atom. The minimum Gasteiger partial charge on any atom is -0.398 e. The number of rotatable bonds is 3. The number of benzene rings is 2. The third kappa shape index (κ3) is 2.89. The lowest BCUT2D eigenvalue weighted by atomic mass is 10.1. The maximum Gasteiger partial charge on any atom is 0.141 e. The van der Waals surface area contributed by atoms with E-state index in [1.165, 1.54) is 0 Å². The second-order valence-corrected chi connectivity index (χ2v) is 5.55. The van der Waals surface area contributed by atoms with Gasteiger partial charge in [-0.2, -0.15) is 0 Å². The van der Waals surface area contributed by atoms with Gasteiger partial charge in [0, 0.05) is 28.7 Å². The number of hydrogen-bond acceptors (Lipinski definition) is 2. The molecule has 2 N–H and O–H groups in total. The van der Waals surface area contributed by atoms with Crippen LogP contribution in [0, 0.1) is 0 Å². The average Bonchev–Trinajstić information content (AvgIpc) is 2.89. The minimum absolute atomic E-state index is 0.580. The summed E-state index contributed by atoms with van der Waals surface area (Å²) in [4.78, 5) is 4.40. The van der Waals surface area contributed by atoms with E-state index in [1.54, 1.807) is 18.3 Å². The first kappa shape index (κ1) is 14.0. The highest BCUT2D eigenvalue weighted by atomic mass is 35.5. The van der Waals surface area contributed by atoms with Gasteiger partial charge < -0.3 is 10.3 Å². The van der Waals surface area contributed by atoms with Crippen LogP contribution in [0.25, 0.3) is 11.4 Å². The van der Waals surface area contributed by atoms with Crippen LogP contribution < -0.4 is 5.73 Å². The van der Waals surface area contributed by atoms with E-state index in [0.717, 1.165) is 22.6 Å². The SMILES string of the molecule is Nc1ccccc1Cn1ccnc1-c1ccc(Cl)cc1Cl. The molecule has 1 heterocycles. The van der Waals surface area contributed by atoms with Crippen molar-refractivity contribution in [1.82, 2.24) is 9.55 Å². The third-order valence-electron chi connectivity index (χ3n) is 3.28. The fraction of sp³-hybridized carbons (Fsp3) is 0.0625. The number of para-hydroxylation sites is 1. The number of anilines is 1. The normalized spacial score (nSPS) is 10.8. The van der Waals surface area contributed by atoms with Gasteiger partial charge >= 0.3 is 0 Å². The molecule has 0 amide bonds. The van der Waals surface area contributed by atoms with Crippen molar-refractivity contribution in [3.8, 4) is 11.4 Å². The van der Waals surface area contributed by atoms with E-state index in [1.807, 2.05) is 41.1 Å². The summed E-state index contributed by atoms with van der Waals surface area (Å²) in [5, 5.41) is 1.19. The van der Waals surface area contributed by atoms with Crippen LogP contribution in [0.1, 0.15) is 5.56 Å². The molecule has 0 saturated carbocycles. The Kier molecular flexibility index (Phi) is 3.86. The zero-order chi connectivity index (χ0) is 14.8. The number of aromatic nitrogens is 2. The molecule has 2 aromatic carbocycles. The summed E-state index contributed by atoms with van der Waals surface area (Å²) in [6, 6.07) is 13.2.